The third-order valence-corrected chi connectivity index (χ3v) is 3.20. The van der Waals surface area contributed by atoms with E-state index in [1.807, 2.05) is 12.1 Å². The molecule has 0 aliphatic carbocycles. The number of aromatic amines is 1. The Kier molecular flexibility index (Phi) is 3.18. The number of nitrogens with one attached hydrogen (secondary N) is 1. The van der Waals surface area contributed by atoms with Crippen LogP contribution in [0.4, 0.5) is 0 Å². The number of hydrogen-bond donors (Lipinski definition) is 1. The molecule has 2 aromatic rings. The Balaban J connectivity index is 2.31. The number of imidazole rings is 1. The molecule has 0 amide bonds. The van der Waals surface area contributed by atoms with Crippen LogP contribution in [0.3, 0.4) is 0 Å². The fourth-order valence-corrected chi connectivity index (χ4v) is 2.07. The standard InChI is InChI=1S/C14H18N2O/c1-10-11(2)16(12(3)15-10)9-13-6-5-7-14(8-13)17-4/h5-8H,9H2,1-4H3/p+1. The van der Waals surface area contributed by atoms with Crippen LogP contribution in [0.15, 0.2) is 24.3 Å². The lowest BCUT2D eigenvalue weighted by molar-refractivity contribution is -0.698. The molecule has 0 spiro atoms. The van der Waals surface area contributed by atoms with E-state index in [1.54, 1.807) is 7.11 Å². The SMILES string of the molecule is COc1cccc(C[n+]2c(C)[nH]c(C)c2C)c1. The van der Waals surface area contributed by atoms with Crippen molar-refractivity contribution < 1.29 is 9.30 Å². The summed E-state index contributed by atoms with van der Waals surface area (Å²) in [6.07, 6.45) is 0. The molecule has 1 heterocycles. The highest BCUT2D eigenvalue weighted by atomic mass is 16.5. The van der Waals surface area contributed by atoms with Gasteiger partial charge in [0.15, 0.2) is 0 Å². The summed E-state index contributed by atoms with van der Waals surface area (Å²) in [5.41, 5.74) is 3.76. The van der Waals surface area contributed by atoms with Crippen LogP contribution in [0, 0.1) is 20.8 Å². The molecule has 0 saturated carbocycles. The molecule has 1 N–H and O–H groups in total. The maximum absolute atomic E-state index is 5.24. The summed E-state index contributed by atoms with van der Waals surface area (Å²) in [5, 5.41) is 0. The molecule has 0 bridgehead atoms. The topological polar surface area (TPSA) is 28.9 Å². The number of ether oxygens (including phenoxy) is 1. The molecule has 0 aliphatic rings. The van der Waals surface area contributed by atoms with E-state index in [4.69, 9.17) is 4.74 Å². The molecular formula is C14H19N2O+. The first kappa shape index (κ1) is 11.7. The van der Waals surface area contributed by atoms with E-state index in [0.717, 1.165) is 12.3 Å². The van der Waals surface area contributed by atoms with E-state index in [-0.39, 0.29) is 0 Å². The van der Waals surface area contributed by atoms with Crippen LogP contribution in [0.5, 0.6) is 5.75 Å². The number of hydrogen-bond acceptors (Lipinski definition) is 1. The van der Waals surface area contributed by atoms with E-state index in [2.05, 4.69) is 42.5 Å². The lowest BCUT2D eigenvalue weighted by Crippen LogP contribution is -2.38. The molecule has 1 aromatic heterocycles. The van der Waals surface area contributed by atoms with Crippen LogP contribution in [0.1, 0.15) is 22.8 Å². The Bertz CT molecular complexity index is 529. The van der Waals surface area contributed by atoms with Crippen molar-refractivity contribution in [1.82, 2.24) is 4.98 Å². The van der Waals surface area contributed by atoms with Crippen molar-refractivity contribution in [2.75, 3.05) is 7.11 Å². The van der Waals surface area contributed by atoms with Crippen LogP contribution in [-0.2, 0) is 6.54 Å². The number of aromatic nitrogens is 2. The second-order valence-corrected chi connectivity index (χ2v) is 4.36. The molecule has 0 fully saturated rings. The van der Waals surface area contributed by atoms with Crippen LogP contribution >= 0.6 is 0 Å². The van der Waals surface area contributed by atoms with E-state index >= 15 is 0 Å². The van der Waals surface area contributed by atoms with Gasteiger partial charge >= 0.3 is 0 Å². The summed E-state index contributed by atoms with van der Waals surface area (Å²) in [7, 11) is 1.70. The molecule has 0 aliphatic heterocycles. The minimum absolute atomic E-state index is 0.874. The molecule has 0 radical (unpaired) electrons. The normalized spacial score (nSPS) is 10.6. The van der Waals surface area contributed by atoms with Gasteiger partial charge in [-0.05, 0) is 17.7 Å². The quantitative estimate of drug-likeness (QED) is 0.807. The van der Waals surface area contributed by atoms with Crippen molar-refractivity contribution in [3.05, 3.63) is 47.0 Å². The number of methoxy groups -OCH3 is 1. The van der Waals surface area contributed by atoms with Gasteiger partial charge in [0, 0.05) is 20.8 Å². The number of rotatable bonds is 3. The van der Waals surface area contributed by atoms with Crippen LogP contribution in [0.2, 0.25) is 0 Å². The smallest absolute Gasteiger partial charge is 0.251 e. The maximum Gasteiger partial charge on any atom is 0.251 e. The minimum atomic E-state index is 0.874. The lowest BCUT2D eigenvalue weighted by atomic mass is 10.2. The first-order chi connectivity index (χ1) is 8.11. The first-order valence-electron chi connectivity index (χ1n) is 5.80. The summed E-state index contributed by atoms with van der Waals surface area (Å²) in [6, 6.07) is 8.19. The van der Waals surface area contributed by atoms with Crippen LogP contribution in [-0.4, -0.2) is 12.1 Å². The Morgan fingerprint density at radius 1 is 1.24 bits per heavy atom. The molecule has 3 nitrogen and oxygen atoms in total. The van der Waals surface area contributed by atoms with Gasteiger partial charge in [-0.2, -0.15) is 0 Å². The number of aryl methyl sites for hydroxylation is 2. The van der Waals surface area contributed by atoms with Gasteiger partial charge in [-0.3, -0.25) is 0 Å². The third kappa shape index (κ3) is 2.33. The van der Waals surface area contributed by atoms with Gasteiger partial charge < -0.3 is 4.74 Å². The van der Waals surface area contributed by atoms with Crippen LogP contribution < -0.4 is 9.30 Å². The molecule has 3 heteroatoms. The summed E-state index contributed by atoms with van der Waals surface area (Å²) in [5.74, 6) is 2.09. The number of benzene rings is 1. The Labute approximate surface area is 102 Å². The average molecular weight is 231 g/mol. The van der Waals surface area contributed by atoms with E-state index in [0.29, 0.717) is 0 Å². The predicted molar refractivity (Wildman–Crippen MR) is 67.3 cm³/mol. The van der Waals surface area contributed by atoms with Crippen molar-refractivity contribution in [3.8, 4) is 5.75 Å². The summed E-state index contributed by atoms with van der Waals surface area (Å²) in [4.78, 5) is 3.36. The molecule has 0 unspecified atom stereocenters. The van der Waals surface area contributed by atoms with Gasteiger partial charge in [0.25, 0.3) is 5.82 Å². The van der Waals surface area contributed by atoms with Crippen LogP contribution in [0.25, 0.3) is 0 Å². The number of H-pyrrole nitrogens is 1. The summed E-state index contributed by atoms with van der Waals surface area (Å²) in [6.45, 7) is 7.21. The molecule has 0 saturated heterocycles. The lowest BCUT2D eigenvalue weighted by Gasteiger charge is -2.04. The van der Waals surface area contributed by atoms with E-state index in [9.17, 15) is 0 Å². The highest BCUT2D eigenvalue weighted by Gasteiger charge is 2.15. The third-order valence-electron chi connectivity index (χ3n) is 3.20. The largest absolute Gasteiger partial charge is 0.497 e. The molecule has 1 aromatic carbocycles. The van der Waals surface area contributed by atoms with Gasteiger partial charge in [0.2, 0.25) is 0 Å². The molecule has 90 valence electrons. The minimum Gasteiger partial charge on any atom is -0.497 e. The zero-order valence-corrected chi connectivity index (χ0v) is 10.9. The van der Waals surface area contributed by atoms with Gasteiger partial charge in [0.1, 0.15) is 23.7 Å². The predicted octanol–water partition coefficient (Wildman–Crippen LogP) is 2.28. The van der Waals surface area contributed by atoms with Crippen molar-refractivity contribution in [1.29, 1.82) is 0 Å². The van der Waals surface area contributed by atoms with Crippen molar-refractivity contribution >= 4 is 0 Å². The summed E-state index contributed by atoms with van der Waals surface area (Å²) < 4.78 is 7.52. The summed E-state index contributed by atoms with van der Waals surface area (Å²) >= 11 is 0. The average Bonchev–Trinajstić information content (AvgIpc) is 2.56. The Morgan fingerprint density at radius 2 is 2.00 bits per heavy atom. The van der Waals surface area contributed by atoms with Crippen molar-refractivity contribution in [2.24, 2.45) is 0 Å². The highest BCUT2D eigenvalue weighted by molar-refractivity contribution is 5.27. The zero-order valence-electron chi connectivity index (χ0n) is 10.9. The fourth-order valence-electron chi connectivity index (χ4n) is 2.07. The highest BCUT2D eigenvalue weighted by Crippen LogP contribution is 2.13. The second-order valence-electron chi connectivity index (χ2n) is 4.36. The fraction of sp³-hybridized carbons (Fsp3) is 0.357. The van der Waals surface area contributed by atoms with E-state index < -0.39 is 0 Å². The first-order valence-corrected chi connectivity index (χ1v) is 5.80. The van der Waals surface area contributed by atoms with Gasteiger partial charge in [0.05, 0.1) is 7.11 Å². The molecule has 17 heavy (non-hydrogen) atoms. The number of nitrogens with zero attached hydrogens (tertiary/aromatic N) is 1. The molecular weight excluding hydrogens is 212 g/mol. The Hall–Kier alpha value is -1.77. The molecule has 2 rings (SSSR count). The second kappa shape index (κ2) is 4.62. The zero-order chi connectivity index (χ0) is 12.4. The Morgan fingerprint density at radius 3 is 2.59 bits per heavy atom. The molecule has 0 atom stereocenters. The van der Waals surface area contributed by atoms with Gasteiger partial charge in [-0.1, -0.05) is 12.1 Å². The van der Waals surface area contributed by atoms with Crippen molar-refractivity contribution in [2.45, 2.75) is 27.3 Å². The monoisotopic (exact) mass is 231 g/mol. The van der Waals surface area contributed by atoms with Gasteiger partial charge in [-0.15, -0.1) is 0 Å². The van der Waals surface area contributed by atoms with Gasteiger partial charge in [-0.25, -0.2) is 9.55 Å². The van der Waals surface area contributed by atoms with E-state index in [1.165, 1.54) is 22.8 Å². The van der Waals surface area contributed by atoms with Crippen molar-refractivity contribution in [3.63, 3.8) is 0 Å². The maximum atomic E-state index is 5.24.